The Morgan fingerprint density at radius 2 is 2.00 bits per heavy atom. The molecular formula is C14H20N2. The number of hydrogen-bond donors (Lipinski definition) is 1. The van der Waals surface area contributed by atoms with E-state index in [0.29, 0.717) is 0 Å². The van der Waals surface area contributed by atoms with Crippen molar-refractivity contribution in [3.05, 3.63) is 29.8 Å². The van der Waals surface area contributed by atoms with Gasteiger partial charge in [-0.3, -0.25) is 0 Å². The van der Waals surface area contributed by atoms with E-state index in [0.717, 1.165) is 19.6 Å². The lowest BCUT2D eigenvalue weighted by Crippen LogP contribution is -2.22. The normalized spacial score (nSPS) is 13.8. The fourth-order valence-electron chi connectivity index (χ4n) is 2.23. The molecule has 0 amide bonds. The first kappa shape index (κ1) is 11.1. The van der Waals surface area contributed by atoms with Crippen LogP contribution in [0, 0.1) is 0 Å². The Morgan fingerprint density at radius 1 is 1.25 bits per heavy atom. The number of nitrogens with zero attached hydrogens (tertiary/aromatic N) is 1. The van der Waals surface area contributed by atoms with Gasteiger partial charge in [-0.25, -0.2) is 0 Å². The second-order valence-corrected chi connectivity index (χ2v) is 4.17. The fourth-order valence-corrected chi connectivity index (χ4v) is 2.23. The molecule has 0 bridgehead atoms. The van der Waals surface area contributed by atoms with E-state index in [4.69, 9.17) is 0 Å². The van der Waals surface area contributed by atoms with E-state index in [9.17, 15) is 0 Å². The van der Waals surface area contributed by atoms with Crippen molar-refractivity contribution < 1.29 is 0 Å². The van der Waals surface area contributed by atoms with Crippen LogP contribution in [0.3, 0.4) is 0 Å². The van der Waals surface area contributed by atoms with Crippen LogP contribution in [-0.4, -0.2) is 19.6 Å². The highest BCUT2D eigenvalue weighted by atomic mass is 15.1. The molecule has 0 spiro atoms. The van der Waals surface area contributed by atoms with Crippen molar-refractivity contribution in [2.75, 3.05) is 29.9 Å². The van der Waals surface area contributed by atoms with Gasteiger partial charge >= 0.3 is 0 Å². The summed E-state index contributed by atoms with van der Waals surface area (Å²) in [5.41, 5.74) is 5.29. The van der Waals surface area contributed by atoms with E-state index in [1.165, 1.54) is 22.5 Å². The standard InChI is InChI=1S/C14H20N2/c1-4-16(5-2)12-6-7-13-11(3)8-9-15-14(13)10-12/h6-8,10,15H,4-5,9H2,1-3H3. The number of fused-ring (bicyclic) bond motifs is 1. The molecule has 2 nitrogen and oxygen atoms in total. The number of allylic oxidation sites excluding steroid dienone is 1. The van der Waals surface area contributed by atoms with Crippen LogP contribution in [0.1, 0.15) is 26.3 Å². The summed E-state index contributed by atoms with van der Waals surface area (Å²) in [4.78, 5) is 2.37. The van der Waals surface area contributed by atoms with E-state index >= 15 is 0 Å². The molecule has 1 aromatic carbocycles. The third-order valence-corrected chi connectivity index (χ3v) is 3.26. The van der Waals surface area contributed by atoms with Crippen molar-refractivity contribution in [3.8, 4) is 0 Å². The van der Waals surface area contributed by atoms with E-state index < -0.39 is 0 Å². The molecule has 0 atom stereocenters. The maximum Gasteiger partial charge on any atom is 0.0439 e. The number of anilines is 2. The maximum atomic E-state index is 3.43. The van der Waals surface area contributed by atoms with E-state index in [1.54, 1.807) is 0 Å². The summed E-state index contributed by atoms with van der Waals surface area (Å²) in [5, 5.41) is 3.43. The molecule has 2 heteroatoms. The molecule has 1 aliphatic heterocycles. The van der Waals surface area contributed by atoms with Crippen LogP contribution < -0.4 is 10.2 Å². The monoisotopic (exact) mass is 216 g/mol. The van der Waals surface area contributed by atoms with Crippen LogP contribution >= 0.6 is 0 Å². The summed E-state index contributed by atoms with van der Waals surface area (Å²) in [7, 11) is 0. The predicted octanol–water partition coefficient (Wildman–Crippen LogP) is 3.36. The molecule has 0 radical (unpaired) electrons. The van der Waals surface area contributed by atoms with Crippen molar-refractivity contribution in [2.24, 2.45) is 0 Å². The highest BCUT2D eigenvalue weighted by molar-refractivity contribution is 5.80. The number of hydrogen-bond acceptors (Lipinski definition) is 2. The van der Waals surface area contributed by atoms with Crippen molar-refractivity contribution >= 4 is 16.9 Å². The smallest absolute Gasteiger partial charge is 0.0439 e. The first-order valence-electron chi connectivity index (χ1n) is 6.06. The SMILES string of the molecule is CCN(CC)c1ccc2c(c1)NCC=C2C. The Kier molecular flexibility index (Phi) is 3.18. The third kappa shape index (κ3) is 1.92. The zero-order chi connectivity index (χ0) is 11.5. The molecule has 1 heterocycles. The van der Waals surface area contributed by atoms with Crippen molar-refractivity contribution in [1.82, 2.24) is 0 Å². The Bertz CT molecular complexity index is 403. The average Bonchev–Trinajstić information content (AvgIpc) is 2.31. The average molecular weight is 216 g/mol. The second-order valence-electron chi connectivity index (χ2n) is 4.17. The Balaban J connectivity index is 2.36. The zero-order valence-corrected chi connectivity index (χ0v) is 10.4. The summed E-state index contributed by atoms with van der Waals surface area (Å²) in [6.45, 7) is 9.63. The molecule has 0 fully saturated rings. The lowest BCUT2D eigenvalue weighted by molar-refractivity contribution is 0.866. The van der Waals surface area contributed by atoms with Gasteiger partial charge in [0.05, 0.1) is 0 Å². The van der Waals surface area contributed by atoms with Gasteiger partial charge in [0.15, 0.2) is 0 Å². The van der Waals surface area contributed by atoms with E-state index in [2.05, 4.69) is 55.3 Å². The Labute approximate surface area is 98.0 Å². The van der Waals surface area contributed by atoms with Gasteiger partial charge in [-0.2, -0.15) is 0 Å². The summed E-state index contributed by atoms with van der Waals surface area (Å²) >= 11 is 0. The van der Waals surface area contributed by atoms with Crippen molar-refractivity contribution in [1.29, 1.82) is 0 Å². The first-order valence-corrected chi connectivity index (χ1v) is 6.06. The molecule has 2 rings (SSSR count). The predicted molar refractivity (Wildman–Crippen MR) is 72.1 cm³/mol. The van der Waals surface area contributed by atoms with Gasteiger partial charge in [-0.1, -0.05) is 12.1 Å². The van der Waals surface area contributed by atoms with Gasteiger partial charge < -0.3 is 10.2 Å². The zero-order valence-electron chi connectivity index (χ0n) is 10.4. The number of rotatable bonds is 3. The van der Waals surface area contributed by atoms with Gasteiger partial charge in [0.1, 0.15) is 0 Å². The molecule has 0 saturated heterocycles. The van der Waals surface area contributed by atoms with E-state index in [-0.39, 0.29) is 0 Å². The van der Waals surface area contributed by atoms with Crippen LogP contribution in [0.15, 0.2) is 24.3 Å². The van der Waals surface area contributed by atoms with Gasteiger partial charge in [0.25, 0.3) is 0 Å². The van der Waals surface area contributed by atoms with Crippen molar-refractivity contribution in [3.63, 3.8) is 0 Å². The molecule has 0 unspecified atom stereocenters. The van der Waals surface area contributed by atoms with Gasteiger partial charge in [0, 0.05) is 36.6 Å². The minimum Gasteiger partial charge on any atom is -0.381 e. The lowest BCUT2D eigenvalue weighted by atomic mass is 10.0. The molecule has 1 N–H and O–H groups in total. The molecular weight excluding hydrogens is 196 g/mol. The number of benzene rings is 1. The van der Waals surface area contributed by atoms with Crippen molar-refractivity contribution in [2.45, 2.75) is 20.8 Å². The Morgan fingerprint density at radius 3 is 2.69 bits per heavy atom. The summed E-state index contributed by atoms with van der Waals surface area (Å²) in [6.07, 6.45) is 2.24. The van der Waals surface area contributed by atoms with Crippen LogP contribution in [0.5, 0.6) is 0 Å². The topological polar surface area (TPSA) is 15.3 Å². The molecule has 0 aromatic heterocycles. The highest BCUT2D eigenvalue weighted by Crippen LogP contribution is 2.30. The fraction of sp³-hybridized carbons (Fsp3) is 0.429. The Hall–Kier alpha value is -1.44. The molecule has 16 heavy (non-hydrogen) atoms. The maximum absolute atomic E-state index is 3.43. The minimum atomic E-state index is 0.945. The summed E-state index contributed by atoms with van der Waals surface area (Å²) in [6, 6.07) is 6.70. The molecule has 0 saturated carbocycles. The largest absolute Gasteiger partial charge is 0.381 e. The third-order valence-electron chi connectivity index (χ3n) is 3.26. The van der Waals surface area contributed by atoms with Crippen LogP contribution in [-0.2, 0) is 0 Å². The lowest BCUT2D eigenvalue weighted by Gasteiger charge is -2.24. The molecule has 0 aliphatic carbocycles. The molecule has 86 valence electrons. The summed E-state index contributed by atoms with van der Waals surface area (Å²) in [5.74, 6) is 0. The van der Waals surface area contributed by atoms with Crippen LogP contribution in [0.2, 0.25) is 0 Å². The van der Waals surface area contributed by atoms with Gasteiger partial charge in [-0.05, 0) is 38.5 Å². The quantitative estimate of drug-likeness (QED) is 0.833. The van der Waals surface area contributed by atoms with Crippen LogP contribution in [0.25, 0.3) is 5.57 Å². The van der Waals surface area contributed by atoms with Crippen LogP contribution in [0.4, 0.5) is 11.4 Å². The molecule has 1 aliphatic rings. The van der Waals surface area contributed by atoms with Gasteiger partial charge in [-0.15, -0.1) is 0 Å². The minimum absolute atomic E-state index is 0.945. The summed E-state index contributed by atoms with van der Waals surface area (Å²) < 4.78 is 0. The van der Waals surface area contributed by atoms with E-state index in [1.807, 2.05) is 0 Å². The van der Waals surface area contributed by atoms with Gasteiger partial charge in [0.2, 0.25) is 0 Å². The second kappa shape index (κ2) is 4.60. The highest BCUT2D eigenvalue weighted by Gasteiger charge is 2.10. The first-order chi connectivity index (χ1) is 7.76. The molecule has 1 aromatic rings. The number of nitrogens with one attached hydrogen (secondary N) is 1.